The first-order valence-corrected chi connectivity index (χ1v) is 9.44. The van der Waals surface area contributed by atoms with E-state index >= 15 is 0 Å². The van der Waals surface area contributed by atoms with Crippen LogP contribution in [0.4, 0.5) is 0 Å². The van der Waals surface area contributed by atoms with Gasteiger partial charge in [0.2, 0.25) is 6.79 Å². The summed E-state index contributed by atoms with van der Waals surface area (Å²) in [7, 11) is 0. The second kappa shape index (κ2) is 7.86. The maximum Gasteiger partial charge on any atom is 0.290 e. The van der Waals surface area contributed by atoms with Crippen molar-refractivity contribution >= 4 is 22.6 Å². The van der Waals surface area contributed by atoms with Crippen molar-refractivity contribution in [3.05, 3.63) is 64.1 Å². The third-order valence-electron chi connectivity index (χ3n) is 4.55. The van der Waals surface area contributed by atoms with Crippen molar-refractivity contribution in [1.82, 2.24) is 20.6 Å². The van der Waals surface area contributed by atoms with Crippen LogP contribution in [0.15, 0.2) is 47.3 Å². The molecule has 0 bridgehead atoms. The number of benzene rings is 2. The molecule has 2 heterocycles. The van der Waals surface area contributed by atoms with Crippen LogP contribution in [0.2, 0.25) is 0 Å². The van der Waals surface area contributed by atoms with E-state index in [9.17, 15) is 14.4 Å². The molecule has 154 valence electrons. The lowest BCUT2D eigenvalue weighted by Crippen LogP contribution is -2.43. The summed E-state index contributed by atoms with van der Waals surface area (Å²) in [5, 5.41) is 5.05. The van der Waals surface area contributed by atoms with E-state index in [2.05, 4.69) is 16.0 Å². The van der Waals surface area contributed by atoms with Gasteiger partial charge in [-0.1, -0.05) is 32.0 Å². The van der Waals surface area contributed by atoms with Crippen LogP contribution >= 0.6 is 0 Å². The molecule has 1 aliphatic rings. The molecular weight excluding hydrogens is 388 g/mol. The number of carbonyl (C=O) groups excluding carboxylic acids is 2. The maximum absolute atomic E-state index is 12.8. The largest absolute Gasteiger partial charge is 0.454 e. The van der Waals surface area contributed by atoms with Crippen LogP contribution in [0.25, 0.3) is 10.8 Å². The molecule has 1 aromatic heterocycles. The molecule has 0 saturated carbocycles. The Morgan fingerprint density at radius 3 is 2.50 bits per heavy atom. The fourth-order valence-corrected chi connectivity index (χ4v) is 3.16. The first-order chi connectivity index (χ1) is 14.4. The molecule has 2 aromatic carbocycles. The third-order valence-corrected chi connectivity index (χ3v) is 4.55. The SMILES string of the molecule is CC(C)Cn1nc(C(=O)NNC(=O)c2ccc3c(c2)OCO3)c2ccccc2c1=O. The summed E-state index contributed by atoms with van der Waals surface area (Å²) in [6, 6.07) is 11.5. The number of ether oxygens (including phenoxy) is 2. The van der Waals surface area contributed by atoms with Crippen molar-refractivity contribution in [3.8, 4) is 11.5 Å². The van der Waals surface area contributed by atoms with Gasteiger partial charge in [0, 0.05) is 17.5 Å². The summed E-state index contributed by atoms with van der Waals surface area (Å²) >= 11 is 0. The van der Waals surface area contributed by atoms with E-state index in [1.54, 1.807) is 36.4 Å². The summed E-state index contributed by atoms with van der Waals surface area (Å²) < 4.78 is 11.8. The highest BCUT2D eigenvalue weighted by Crippen LogP contribution is 2.32. The second-order valence-electron chi connectivity index (χ2n) is 7.25. The molecule has 0 atom stereocenters. The van der Waals surface area contributed by atoms with Crippen molar-refractivity contribution in [2.75, 3.05) is 6.79 Å². The number of nitrogens with one attached hydrogen (secondary N) is 2. The fraction of sp³-hybridized carbons (Fsp3) is 0.238. The molecule has 0 radical (unpaired) electrons. The lowest BCUT2D eigenvalue weighted by atomic mass is 10.1. The highest BCUT2D eigenvalue weighted by atomic mass is 16.7. The number of aromatic nitrogens is 2. The standard InChI is InChI=1S/C21H20N4O5/c1-12(2)10-25-21(28)15-6-4-3-5-14(15)18(24-25)20(27)23-22-19(26)13-7-8-16-17(9-13)30-11-29-16/h3-9,12H,10-11H2,1-2H3,(H,22,26)(H,23,27). The van der Waals surface area contributed by atoms with Crippen LogP contribution in [0, 0.1) is 5.92 Å². The minimum atomic E-state index is -0.627. The number of rotatable bonds is 4. The van der Waals surface area contributed by atoms with Crippen molar-refractivity contribution in [1.29, 1.82) is 0 Å². The highest BCUT2D eigenvalue weighted by molar-refractivity contribution is 6.06. The zero-order valence-corrected chi connectivity index (χ0v) is 16.5. The zero-order chi connectivity index (χ0) is 21.3. The van der Waals surface area contributed by atoms with Gasteiger partial charge < -0.3 is 9.47 Å². The first kappa shape index (κ1) is 19.4. The maximum atomic E-state index is 12.8. The molecule has 0 saturated heterocycles. The van der Waals surface area contributed by atoms with Crippen LogP contribution in [-0.2, 0) is 6.54 Å². The lowest BCUT2D eigenvalue weighted by Gasteiger charge is -2.13. The minimum absolute atomic E-state index is 0.0526. The lowest BCUT2D eigenvalue weighted by molar-refractivity contribution is 0.0843. The molecule has 2 N–H and O–H groups in total. The van der Waals surface area contributed by atoms with Crippen molar-refractivity contribution in [3.63, 3.8) is 0 Å². The smallest absolute Gasteiger partial charge is 0.290 e. The van der Waals surface area contributed by atoms with Crippen molar-refractivity contribution in [2.24, 2.45) is 5.92 Å². The second-order valence-corrected chi connectivity index (χ2v) is 7.25. The summed E-state index contributed by atoms with van der Waals surface area (Å²) in [5.74, 6) is 0.0262. The highest BCUT2D eigenvalue weighted by Gasteiger charge is 2.19. The molecule has 2 amide bonds. The predicted molar refractivity (Wildman–Crippen MR) is 108 cm³/mol. The summed E-state index contributed by atoms with van der Waals surface area (Å²) in [5.41, 5.74) is 4.82. The van der Waals surface area contributed by atoms with Gasteiger partial charge in [0.25, 0.3) is 17.4 Å². The van der Waals surface area contributed by atoms with Gasteiger partial charge in [-0.3, -0.25) is 25.2 Å². The third kappa shape index (κ3) is 3.69. The first-order valence-electron chi connectivity index (χ1n) is 9.44. The van der Waals surface area contributed by atoms with Gasteiger partial charge >= 0.3 is 0 Å². The summed E-state index contributed by atoms with van der Waals surface area (Å²) in [6.45, 7) is 4.37. The van der Waals surface area contributed by atoms with Crippen LogP contribution in [-0.4, -0.2) is 28.4 Å². The van der Waals surface area contributed by atoms with Crippen LogP contribution in [0.1, 0.15) is 34.7 Å². The van der Waals surface area contributed by atoms with Gasteiger partial charge in [-0.2, -0.15) is 5.10 Å². The van der Waals surface area contributed by atoms with Crippen molar-refractivity contribution < 1.29 is 19.1 Å². The molecule has 0 unspecified atom stereocenters. The Morgan fingerprint density at radius 2 is 1.73 bits per heavy atom. The summed E-state index contributed by atoms with van der Waals surface area (Å²) in [4.78, 5) is 37.9. The number of carbonyl (C=O) groups is 2. The van der Waals surface area contributed by atoms with Gasteiger partial charge in [0.05, 0.1) is 5.39 Å². The van der Waals surface area contributed by atoms with Gasteiger partial charge in [0.15, 0.2) is 17.2 Å². The number of amides is 2. The number of nitrogens with zero attached hydrogens (tertiary/aromatic N) is 2. The minimum Gasteiger partial charge on any atom is -0.454 e. The van der Waals surface area contributed by atoms with Gasteiger partial charge in [0.1, 0.15) is 0 Å². The van der Waals surface area contributed by atoms with Gasteiger partial charge in [-0.25, -0.2) is 4.68 Å². The van der Waals surface area contributed by atoms with E-state index in [0.29, 0.717) is 34.4 Å². The number of hydrogen-bond acceptors (Lipinski definition) is 6. The molecule has 30 heavy (non-hydrogen) atoms. The molecule has 0 spiro atoms. The van der Waals surface area contributed by atoms with E-state index in [1.807, 2.05) is 13.8 Å². The van der Waals surface area contributed by atoms with Crippen LogP contribution in [0.3, 0.4) is 0 Å². The number of fused-ring (bicyclic) bond motifs is 2. The van der Waals surface area contributed by atoms with Crippen LogP contribution in [0.5, 0.6) is 11.5 Å². The van der Waals surface area contributed by atoms with E-state index in [-0.39, 0.29) is 24.0 Å². The van der Waals surface area contributed by atoms with E-state index in [1.165, 1.54) is 10.7 Å². The molecular formula is C21H20N4O5. The number of hydrogen-bond donors (Lipinski definition) is 2. The fourth-order valence-electron chi connectivity index (χ4n) is 3.16. The molecule has 0 aliphatic carbocycles. The molecule has 9 heteroatoms. The average Bonchev–Trinajstić information content (AvgIpc) is 3.21. The Labute approximate surface area is 171 Å². The van der Waals surface area contributed by atoms with E-state index in [4.69, 9.17) is 9.47 Å². The van der Waals surface area contributed by atoms with E-state index in [0.717, 1.165) is 0 Å². The van der Waals surface area contributed by atoms with Crippen molar-refractivity contribution in [2.45, 2.75) is 20.4 Å². The Kier molecular flexibility index (Phi) is 5.09. The van der Waals surface area contributed by atoms with Gasteiger partial charge in [-0.05, 0) is 30.2 Å². The zero-order valence-electron chi connectivity index (χ0n) is 16.5. The monoisotopic (exact) mass is 408 g/mol. The topological polar surface area (TPSA) is 112 Å². The average molecular weight is 408 g/mol. The Hall–Kier alpha value is -3.88. The predicted octanol–water partition coefficient (Wildman–Crippen LogP) is 1.86. The quantitative estimate of drug-likeness (QED) is 0.638. The summed E-state index contributed by atoms with van der Waals surface area (Å²) in [6.07, 6.45) is 0. The number of hydrazine groups is 1. The Bertz CT molecular complexity index is 1200. The van der Waals surface area contributed by atoms with Crippen LogP contribution < -0.4 is 25.9 Å². The van der Waals surface area contributed by atoms with E-state index < -0.39 is 11.8 Å². The molecule has 0 fully saturated rings. The normalized spacial score (nSPS) is 12.2. The molecule has 4 rings (SSSR count). The molecule has 3 aromatic rings. The molecule has 9 nitrogen and oxygen atoms in total. The Morgan fingerprint density at radius 1 is 1.03 bits per heavy atom. The van der Waals surface area contributed by atoms with Gasteiger partial charge in [-0.15, -0.1) is 0 Å². The molecule has 1 aliphatic heterocycles. The Balaban J connectivity index is 1.58.